The molecule has 1 aliphatic carbocycles. The predicted molar refractivity (Wildman–Crippen MR) is 115 cm³/mol. The monoisotopic (exact) mass is 428 g/mol. The number of amides is 1. The molecule has 0 aromatic heterocycles. The van der Waals surface area contributed by atoms with E-state index in [0.717, 1.165) is 31.2 Å². The Hall–Kier alpha value is -2.38. The van der Waals surface area contributed by atoms with E-state index in [1.54, 1.807) is 6.07 Å². The molecule has 1 fully saturated rings. The van der Waals surface area contributed by atoms with Crippen LogP contribution < -0.4 is 10.1 Å². The fourth-order valence-electron chi connectivity index (χ4n) is 4.32. The van der Waals surface area contributed by atoms with Crippen LogP contribution in [0.3, 0.4) is 0 Å². The molecule has 4 rings (SSSR count). The average molecular weight is 429 g/mol. The van der Waals surface area contributed by atoms with E-state index in [-0.39, 0.29) is 22.4 Å². The summed E-state index contributed by atoms with van der Waals surface area (Å²) in [6.45, 7) is 2.97. The lowest BCUT2D eigenvalue weighted by Gasteiger charge is -2.19. The molecule has 1 amide bonds. The number of aryl methyl sites for hydroxylation is 2. The predicted octanol–water partition coefficient (Wildman–Crippen LogP) is 3.46. The number of fused-ring (bicyclic) bond motifs is 1. The summed E-state index contributed by atoms with van der Waals surface area (Å²) in [5.74, 6) is 0.00680. The second kappa shape index (κ2) is 8.40. The van der Waals surface area contributed by atoms with Crippen LogP contribution in [-0.4, -0.2) is 38.8 Å². The van der Waals surface area contributed by atoms with Crippen molar-refractivity contribution in [3.05, 3.63) is 58.7 Å². The number of hydrogen-bond acceptors (Lipinski definition) is 4. The van der Waals surface area contributed by atoms with Gasteiger partial charge in [-0.15, -0.1) is 0 Å². The molecule has 1 atom stereocenters. The van der Waals surface area contributed by atoms with Gasteiger partial charge in [0, 0.05) is 13.1 Å². The summed E-state index contributed by atoms with van der Waals surface area (Å²) in [4.78, 5) is 13.2. The van der Waals surface area contributed by atoms with Crippen LogP contribution in [0.2, 0.25) is 0 Å². The second-order valence-electron chi connectivity index (χ2n) is 8.05. The Bertz CT molecular complexity index is 1060. The summed E-state index contributed by atoms with van der Waals surface area (Å²) in [5, 5.41) is 3.00. The van der Waals surface area contributed by atoms with Crippen molar-refractivity contribution in [2.45, 2.75) is 50.0 Å². The zero-order valence-electron chi connectivity index (χ0n) is 17.5. The van der Waals surface area contributed by atoms with Gasteiger partial charge < -0.3 is 10.1 Å². The molecule has 1 saturated heterocycles. The van der Waals surface area contributed by atoms with Gasteiger partial charge in [-0.25, -0.2) is 8.42 Å². The highest BCUT2D eigenvalue weighted by Gasteiger charge is 2.29. The summed E-state index contributed by atoms with van der Waals surface area (Å²) in [7, 11) is -2.13. The summed E-state index contributed by atoms with van der Waals surface area (Å²) in [6, 6.07) is 10.7. The topological polar surface area (TPSA) is 75.7 Å². The number of carbonyl (C=O) groups is 1. The van der Waals surface area contributed by atoms with Gasteiger partial charge >= 0.3 is 0 Å². The van der Waals surface area contributed by atoms with Gasteiger partial charge in [-0.05, 0) is 73.9 Å². The molecule has 2 aromatic carbocycles. The average Bonchev–Trinajstić information content (AvgIpc) is 3.44. The molecule has 6 nitrogen and oxygen atoms in total. The molecule has 7 heteroatoms. The Morgan fingerprint density at radius 3 is 2.50 bits per heavy atom. The third-order valence-electron chi connectivity index (χ3n) is 6.09. The summed E-state index contributed by atoms with van der Waals surface area (Å²) in [5.41, 5.74) is 4.01. The van der Waals surface area contributed by atoms with Crippen LogP contribution in [-0.2, 0) is 22.9 Å². The van der Waals surface area contributed by atoms with Crippen molar-refractivity contribution in [3.63, 3.8) is 0 Å². The molecule has 1 aliphatic heterocycles. The van der Waals surface area contributed by atoms with Crippen molar-refractivity contribution >= 4 is 15.9 Å². The molecule has 0 unspecified atom stereocenters. The maximum absolute atomic E-state index is 13.0. The van der Waals surface area contributed by atoms with E-state index in [2.05, 4.69) is 23.5 Å². The van der Waals surface area contributed by atoms with E-state index in [9.17, 15) is 13.2 Å². The number of nitrogens with one attached hydrogen (secondary N) is 1. The van der Waals surface area contributed by atoms with Gasteiger partial charge in [-0.2, -0.15) is 4.31 Å². The molecule has 2 aliphatic rings. The first kappa shape index (κ1) is 20.9. The fourth-order valence-corrected chi connectivity index (χ4v) is 5.87. The van der Waals surface area contributed by atoms with Gasteiger partial charge in [0.05, 0.1) is 23.6 Å². The minimum atomic E-state index is -3.61. The number of ether oxygens (including phenoxy) is 1. The maximum Gasteiger partial charge on any atom is 0.255 e. The normalized spacial score (nSPS) is 17.5. The molecule has 160 valence electrons. The van der Waals surface area contributed by atoms with Crippen molar-refractivity contribution in [2.75, 3.05) is 20.2 Å². The fraction of sp³-hybridized carbons (Fsp3) is 0.435. The summed E-state index contributed by atoms with van der Waals surface area (Å²) < 4.78 is 32.6. The second-order valence-corrected chi connectivity index (χ2v) is 9.99. The van der Waals surface area contributed by atoms with Crippen molar-refractivity contribution < 1.29 is 17.9 Å². The lowest BCUT2D eigenvalue weighted by atomic mass is 10.0. The minimum Gasteiger partial charge on any atom is -0.496 e. The molecular formula is C23H28N2O4S. The maximum atomic E-state index is 13.0. The van der Waals surface area contributed by atoms with Gasteiger partial charge in [0.25, 0.3) is 5.91 Å². The van der Waals surface area contributed by atoms with Crippen LogP contribution >= 0.6 is 0 Å². The smallest absolute Gasteiger partial charge is 0.255 e. The first-order valence-corrected chi connectivity index (χ1v) is 11.9. The van der Waals surface area contributed by atoms with E-state index in [1.807, 2.05) is 6.92 Å². The highest BCUT2D eigenvalue weighted by Crippen LogP contribution is 2.28. The van der Waals surface area contributed by atoms with Crippen LogP contribution in [0.1, 0.15) is 59.3 Å². The quantitative estimate of drug-likeness (QED) is 0.765. The number of hydrogen-bond donors (Lipinski definition) is 1. The van der Waals surface area contributed by atoms with Crippen molar-refractivity contribution in [1.29, 1.82) is 0 Å². The summed E-state index contributed by atoms with van der Waals surface area (Å²) >= 11 is 0. The lowest BCUT2D eigenvalue weighted by molar-refractivity contribution is 0.0936. The van der Waals surface area contributed by atoms with Crippen molar-refractivity contribution in [1.82, 2.24) is 9.62 Å². The molecule has 30 heavy (non-hydrogen) atoms. The van der Waals surface area contributed by atoms with Gasteiger partial charge in [-0.1, -0.05) is 18.2 Å². The van der Waals surface area contributed by atoms with Crippen LogP contribution in [0.4, 0.5) is 0 Å². The Kier molecular flexibility index (Phi) is 5.84. The Labute approximate surface area is 178 Å². The molecular weight excluding hydrogens is 400 g/mol. The number of methoxy groups -OCH3 is 1. The number of benzene rings is 2. The molecule has 1 heterocycles. The van der Waals surface area contributed by atoms with Crippen molar-refractivity contribution in [2.24, 2.45) is 0 Å². The Morgan fingerprint density at radius 1 is 1.03 bits per heavy atom. The SMILES string of the molecule is COc1ccc(S(=O)(=O)N2CCCC2)cc1C(=O)N[C@@H](C)c1ccc2c(c1)CCC2. The van der Waals surface area contributed by atoms with Crippen LogP contribution in [0.15, 0.2) is 41.3 Å². The van der Waals surface area contributed by atoms with Crippen LogP contribution in [0.25, 0.3) is 0 Å². The van der Waals surface area contributed by atoms with E-state index >= 15 is 0 Å². The van der Waals surface area contributed by atoms with Gasteiger partial charge in [0.15, 0.2) is 0 Å². The van der Waals surface area contributed by atoms with Gasteiger partial charge in [0.1, 0.15) is 5.75 Å². The third kappa shape index (κ3) is 3.96. The molecule has 1 N–H and O–H groups in total. The third-order valence-corrected chi connectivity index (χ3v) is 7.98. The Balaban J connectivity index is 1.58. The van der Waals surface area contributed by atoms with E-state index in [0.29, 0.717) is 18.8 Å². The van der Waals surface area contributed by atoms with Crippen molar-refractivity contribution in [3.8, 4) is 5.75 Å². The zero-order chi connectivity index (χ0) is 21.3. The number of nitrogens with zero attached hydrogens (tertiary/aromatic N) is 1. The number of carbonyl (C=O) groups excluding carboxylic acids is 1. The van der Waals surface area contributed by atoms with Gasteiger partial charge in [0.2, 0.25) is 10.0 Å². The number of rotatable bonds is 6. The van der Waals surface area contributed by atoms with Gasteiger partial charge in [-0.3, -0.25) is 4.79 Å². The highest BCUT2D eigenvalue weighted by atomic mass is 32.2. The Morgan fingerprint density at radius 2 is 1.77 bits per heavy atom. The lowest BCUT2D eigenvalue weighted by Crippen LogP contribution is -2.29. The van der Waals surface area contributed by atoms with E-state index < -0.39 is 10.0 Å². The van der Waals surface area contributed by atoms with Crippen LogP contribution in [0, 0.1) is 0 Å². The first-order chi connectivity index (χ1) is 14.4. The standard InChI is InChI=1S/C23H28N2O4S/c1-16(18-9-8-17-6-5-7-19(17)14-18)24-23(26)21-15-20(10-11-22(21)29-2)30(27,28)25-12-3-4-13-25/h8-11,14-16H,3-7,12-13H2,1-2H3,(H,24,26)/t16-/m0/s1. The first-order valence-electron chi connectivity index (χ1n) is 10.5. The van der Waals surface area contributed by atoms with E-state index in [4.69, 9.17) is 4.74 Å². The molecule has 0 radical (unpaired) electrons. The molecule has 0 spiro atoms. The van der Waals surface area contributed by atoms with Crippen LogP contribution in [0.5, 0.6) is 5.75 Å². The number of sulfonamides is 1. The molecule has 2 aromatic rings. The highest BCUT2D eigenvalue weighted by molar-refractivity contribution is 7.89. The molecule has 0 saturated carbocycles. The zero-order valence-corrected chi connectivity index (χ0v) is 18.3. The summed E-state index contributed by atoms with van der Waals surface area (Å²) in [6.07, 6.45) is 5.09. The molecule has 0 bridgehead atoms. The minimum absolute atomic E-state index is 0.125. The largest absolute Gasteiger partial charge is 0.496 e. The van der Waals surface area contributed by atoms with E-state index in [1.165, 1.54) is 41.1 Å².